The van der Waals surface area contributed by atoms with Crippen LogP contribution in [-0.4, -0.2) is 9.97 Å². The average molecular weight is 357 g/mol. The van der Waals surface area contributed by atoms with E-state index >= 15 is 0 Å². The zero-order valence-electron chi connectivity index (χ0n) is 6.67. The molecule has 14 heavy (non-hydrogen) atoms. The quantitative estimate of drug-likeness (QED) is 0.567. The Bertz CT molecular complexity index is 472. The molecule has 2 aromatic heterocycles. The van der Waals surface area contributed by atoms with Crippen LogP contribution in [0.4, 0.5) is 0 Å². The molecule has 6 heteroatoms. The number of rotatable bonds is 1. The first-order valence-electron chi connectivity index (χ1n) is 3.60. The highest BCUT2D eigenvalue weighted by molar-refractivity contribution is 14.1. The second kappa shape index (κ2) is 4.30. The first-order valence-corrected chi connectivity index (χ1v) is 6.31. The first-order chi connectivity index (χ1) is 6.68. The molecule has 2 nitrogen and oxygen atoms in total. The van der Waals surface area contributed by atoms with Gasteiger partial charge in [0.25, 0.3) is 0 Å². The Labute approximate surface area is 108 Å². The van der Waals surface area contributed by atoms with Crippen molar-refractivity contribution in [3.05, 3.63) is 31.4 Å². The number of hydrogen-bond donors (Lipinski definition) is 0. The Morgan fingerprint density at radius 3 is 2.71 bits per heavy atom. The summed E-state index contributed by atoms with van der Waals surface area (Å²) in [5.74, 6) is 0.579. The number of hydrogen-bond acceptors (Lipinski definition) is 3. The normalized spacial score (nSPS) is 10.5. The molecule has 0 radical (unpaired) electrons. The minimum atomic E-state index is 0.458. The van der Waals surface area contributed by atoms with E-state index in [4.69, 9.17) is 23.2 Å². The molecular formula is C8H3Cl2IN2S. The fourth-order valence-electron chi connectivity index (χ4n) is 0.909. The number of thiophene rings is 1. The number of nitrogens with zero attached hydrogens (tertiary/aromatic N) is 2. The Morgan fingerprint density at radius 1 is 1.36 bits per heavy atom. The van der Waals surface area contributed by atoms with Crippen molar-refractivity contribution in [2.75, 3.05) is 0 Å². The third kappa shape index (κ3) is 2.03. The molecule has 0 fully saturated rings. The molecule has 0 saturated heterocycles. The van der Waals surface area contributed by atoms with Crippen LogP contribution < -0.4 is 0 Å². The van der Waals surface area contributed by atoms with Gasteiger partial charge in [-0.05, 0) is 34.0 Å². The lowest BCUT2D eigenvalue weighted by atomic mass is 10.4. The van der Waals surface area contributed by atoms with E-state index in [9.17, 15) is 0 Å². The van der Waals surface area contributed by atoms with E-state index in [0.717, 1.165) is 8.45 Å². The molecule has 2 heterocycles. The Balaban J connectivity index is 2.53. The molecule has 0 amide bonds. The highest BCUT2D eigenvalue weighted by Gasteiger charge is 2.09. The summed E-state index contributed by atoms with van der Waals surface area (Å²) in [6, 6.07) is 1.82. The lowest BCUT2D eigenvalue weighted by molar-refractivity contribution is 1.17. The van der Waals surface area contributed by atoms with Gasteiger partial charge in [-0.3, -0.25) is 0 Å². The van der Waals surface area contributed by atoms with Gasteiger partial charge in [0.1, 0.15) is 5.15 Å². The molecule has 0 spiro atoms. The Kier molecular flexibility index (Phi) is 3.26. The lowest BCUT2D eigenvalue weighted by Gasteiger charge is -1.98. The third-order valence-corrected chi connectivity index (χ3v) is 4.26. The van der Waals surface area contributed by atoms with Gasteiger partial charge in [0.2, 0.25) is 0 Å². The van der Waals surface area contributed by atoms with Crippen LogP contribution in [0.2, 0.25) is 10.2 Å². The number of aromatic nitrogens is 2. The van der Waals surface area contributed by atoms with Crippen LogP contribution in [0.1, 0.15) is 0 Å². The monoisotopic (exact) mass is 356 g/mol. The molecule has 0 aliphatic heterocycles. The summed E-state index contributed by atoms with van der Waals surface area (Å²) in [4.78, 5) is 9.17. The van der Waals surface area contributed by atoms with Crippen LogP contribution in [-0.2, 0) is 0 Å². The van der Waals surface area contributed by atoms with Crippen molar-refractivity contribution in [2.45, 2.75) is 0 Å². The van der Waals surface area contributed by atoms with Crippen molar-refractivity contribution in [3.63, 3.8) is 0 Å². The Hall–Kier alpha value is 0.0900. The smallest absolute Gasteiger partial charge is 0.172 e. The van der Waals surface area contributed by atoms with Gasteiger partial charge in [0.15, 0.2) is 5.82 Å². The van der Waals surface area contributed by atoms with Crippen LogP contribution in [0.15, 0.2) is 17.6 Å². The van der Waals surface area contributed by atoms with Gasteiger partial charge in [-0.25, -0.2) is 9.97 Å². The molecule has 0 aromatic carbocycles. The van der Waals surface area contributed by atoms with Crippen molar-refractivity contribution in [1.82, 2.24) is 9.97 Å². The number of halogens is 3. The fourth-order valence-corrected chi connectivity index (χ4v) is 2.38. The Morgan fingerprint density at radius 2 is 2.14 bits per heavy atom. The van der Waals surface area contributed by atoms with E-state index in [1.807, 2.05) is 11.4 Å². The van der Waals surface area contributed by atoms with Gasteiger partial charge in [0, 0.05) is 6.20 Å². The second-order valence-corrected chi connectivity index (χ2v) is 5.27. The summed E-state index contributed by atoms with van der Waals surface area (Å²) in [6.07, 6.45) is 1.68. The predicted molar refractivity (Wildman–Crippen MR) is 68.1 cm³/mol. The molecule has 0 atom stereocenters. The van der Waals surface area contributed by atoms with E-state index in [1.165, 1.54) is 11.3 Å². The maximum atomic E-state index is 5.95. The third-order valence-electron chi connectivity index (χ3n) is 1.52. The second-order valence-electron chi connectivity index (χ2n) is 2.43. The molecule has 0 unspecified atom stereocenters. The molecule has 2 rings (SSSR count). The van der Waals surface area contributed by atoms with Crippen molar-refractivity contribution in [2.24, 2.45) is 0 Å². The van der Waals surface area contributed by atoms with Crippen LogP contribution in [0, 0.1) is 3.57 Å². The molecule has 0 N–H and O–H groups in total. The van der Waals surface area contributed by atoms with E-state index in [0.29, 0.717) is 16.0 Å². The molecule has 0 aliphatic rings. The molecule has 0 aliphatic carbocycles. The van der Waals surface area contributed by atoms with Gasteiger partial charge in [-0.15, -0.1) is 11.3 Å². The van der Waals surface area contributed by atoms with Gasteiger partial charge in [-0.1, -0.05) is 23.2 Å². The maximum Gasteiger partial charge on any atom is 0.172 e. The van der Waals surface area contributed by atoms with Crippen LogP contribution in [0.3, 0.4) is 0 Å². The highest BCUT2D eigenvalue weighted by atomic mass is 127. The summed E-state index contributed by atoms with van der Waals surface area (Å²) >= 11 is 15.4. The molecule has 72 valence electrons. The van der Waals surface area contributed by atoms with Crippen molar-refractivity contribution < 1.29 is 0 Å². The summed E-state index contributed by atoms with van der Waals surface area (Å²) in [7, 11) is 0. The zero-order valence-corrected chi connectivity index (χ0v) is 11.2. The molecular weight excluding hydrogens is 354 g/mol. The maximum absolute atomic E-state index is 5.95. The van der Waals surface area contributed by atoms with Crippen molar-refractivity contribution in [3.8, 4) is 10.7 Å². The van der Waals surface area contributed by atoms with Crippen LogP contribution in [0.25, 0.3) is 10.7 Å². The summed E-state index contributed by atoms with van der Waals surface area (Å²) < 4.78 is 0.834. The lowest BCUT2D eigenvalue weighted by Crippen LogP contribution is -1.89. The summed E-state index contributed by atoms with van der Waals surface area (Å²) in [5, 5.41) is 3.01. The van der Waals surface area contributed by atoms with Crippen molar-refractivity contribution in [1.29, 1.82) is 0 Å². The largest absolute Gasteiger partial charge is 0.235 e. The molecule has 0 saturated carbocycles. The molecule has 2 aromatic rings. The average Bonchev–Trinajstić information content (AvgIpc) is 2.57. The van der Waals surface area contributed by atoms with Gasteiger partial charge in [-0.2, -0.15) is 0 Å². The van der Waals surface area contributed by atoms with E-state index in [-0.39, 0.29) is 0 Å². The van der Waals surface area contributed by atoms with Crippen molar-refractivity contribution >= 4 is 57.1 Å². The van der Waals surface area contributed by atoms with Crippen LogP contribution >= 0.6 is 57.1 Å². The fraction of sp³-hybridized carbons (Fsp3) is 0. The highest BCUT2D eigenvalue weighted by Crippen LogP contribution is 2.31. The SMILES string of the molecule is Clc1ccsc1-c1ncc(I)c(Cl)n1. The van der Waals surface area contributed by atoms with Crippen LogP contribution in [0.5, 0.6) is 0 Å². The predicted octanol–water partition coefficient (Wildman–Crippen LogP) is 4.12. The van der Waals surface area contributed by atoms with E-state index < -0.39 is 0 Å². The first kappa shape index (κ1) is 10.6. The minimum absolute atomic E-state index is 0.458. The van der Waals surface area contributed by atoms with Gasteiger partial charge in [0.05, 0.1) is 13.5 Å². The van der Waals surface area contributed by atoms with E-state index in [1.54, 1.807) is 6.20 Å². The standard InChI is InChI=1S/C8H3Cl2IN2S/c9-4-1-2-14-6(4)8-12-3-5(11)7(10)13-8/h1-3H. The summed E-state index contributed by atoms with van der Waals surface area (Å²) in [6.45, 7) is 0. The minimum Gasteiger partial charge on any atom is -0.235 e. The van der Waals surface area contributed by atoms with Gasteiger partial charge < -0.3 is 0 Å². The topological polar surface area (TPSA) is 25.8 Å². The molecule has 0 bridgehead atoms. The summed E-state index contributed by atoms with van der Waals surface area (Å²) in [5.41, 5.74) is 0. The zero-order chi connectivity index (χ0) is 10.1. The van der Waals surface area contributed by atoms with Gasteiger partial charge >= 0.3 is 0 Å². The van der Waals surface area contributed by atoms with E-state index in [2.05, 4.69) is 32.6 Å².